The summed E-state index contributed by atoms with van der Waals surface area (Å²) < 4.78 is 6.51. The second kappa shape index (κ2) is 7.22. The fraction of sp³-hybridized carbons (Fsp3) is 0.375. The maximum Gasteiger partial charge on any atom is 0.331 e. The van der Waals surface area contributed by atoms with E-state index in [-0.39, 0.29) is 13.0 Å². The number of carboxylic acid groups (broad SMARTS) is 1. The highest BCUT2D eigenvalue weighted by Crippen LogP contribution is 2.13. The van der Waals surface area contributed by atoms with Gasteiger partial charge < -0.3 is 15.2 Å². The summed E-state index contributed by atoms with van der Waals surface area (Å²) in [5.74, 6) is -1.62. The van der Waals surface area contributed by atoms with Gasteiger partial charge in [-0.3, -0.25) is 4.79 Å². The lowest BCUT2D eigenvalue weighted by Gasteiger charge is -2.25. The van der Waals surface area contributed by atoms with Crippen LogP contribution in [0.15, 0.2) is 30.3 Å². The number of ether oxygens (including phenoxy) is 1. The van der Waals surface area contributed by atoms with Crippen molar-refractivity contribution in [2.75, 3.05) is 13.7 Å². The topological polar surface area (TPSA) is 106 Å². The lowest BCUT2D eigenvalue weighted by Crippen LogP contribution is -2.55. The van der Waals surface area contributed by atoms with Crippen molar-refractivity contribution in [3.05, 3.63) is 41.7 Å². The molecule has 0 radical (unpaired) electrons. The van der Waals surface area contributed by atoms with Gasteiger partial charge in [-0.1, -0.05) is 23.4 Å². The van der Waals surface area contributed by atoms with Crippen LogP contribution in [-0.4, -0.2) is 51.2 Å². The Morgan fingerprint density at radius 1 is 1.33 bits per heavy atom. The van der Waals surface area contributed by atoms with E-state index in [2.05, 4.69) is 15.6 Å². The lowest BCUT2D eigenvalue weighted by atomic mass is 10.0. The number of nitrogens with one attached hydrogen (secondary N) is 1. The lowest BCUT2D eigenvalue weighted by molar-refractivity contribution is -0.149. The fourth-order valence-electron chi connectivity index (χ4n) is 2.28. The predicted octanol–water partition coefficient (Wildman–Crippen LogP) is 0.724. The second-order valence-corrected chi connectivity index (χ2v) is 5.66. The summed E-state index contributed by atoms with van der Waals surface area (Å²) in [6.45, 7) is 3.06. The molecule has 1 heterocycles. The molecule has 1 atom stereocenters. The molecule has 0 fully saturated rings. The van der Waals surface area contributed by atoms with Gasteiger partial charge in [-0.25, -0.2) is 9.48 Å². The summed E-state index contributed by atoms with van der Waals surface area (Å²) in [7, 11) is 1.38. The van der Waals surface area contributed by atoms with E-state index in [0.29, 0.717) is 5.69 Å². The van der Waals surface area contributed by atoms with Crippen LogP contribution in [0.1, 0.15) is 18.3 Å². The number of para-hydroxylation sites is 1. The first-order valence-electron chi connectivity index (χ1n) is 7.37. The van der Waals surface area contributed by atoms with Crippen LogP contribution in [-0.2, 0) is 20.7 Å². The van der Waals surface area contributed by atoms with Crippen molar-refractivity contribution in [3.63, 3.8) is 0 Å². The van der Waals surface area contributed by atoms with Crippen molar-refractivity contribution >= 4 is 11.9 Å². The van der Waals surface area contributed by atoms with Crippen molar-refractivity contribution in [2.45, 2.75) is 25.8 Å². The Balaban J connectivity index is 2.13. The van der Waals surface area contributed by atoms with E-state index in [9.17, 15) is 14.7 Å². The first-order valence-corrected chi connectivity index (χ1v) is 7.37. The third-order valence-electron chi connectivity index (χ3n) is 3.64. The zero-order chi connectivity index (χ0) is 17.7. The van der Waals surface area contributed by atoms with E-state index >= 15 is 0 Å². The first-order chi connectivity index (χ1) is 11.4. The van der Waals surface area contributed by atoms with Crippen molar-refractivity contribution in [1.29, 1.82) is 0 Å². The molecule has 2 rings (SSSR count). The van der Waals surface area contributed by atoms with Crippen LogP contribution in [0.5, 0.6) is 0 Å². The Bertz CT molecular complexity index is 729. The van der Waals surface area contributed by atoms with Crippen LogP contribution in [0.25, 0.3) is 5.69 Å². The molecule has 1 unspecified atom stereocenters. The van der Waals surface area contributed by atoms with Gasteiger partial charge in [0.15, 0.2) is 5.54 Å². The van der Waals surface area contributed by atoms with Gasteiger partial charge in [-0.15, -0.1) is 5.10 Å². The summed E-state index contributed by atoms with van der Waals surface area (Å²) in [6, 6.07) is 9.42. The van der Waals surface area contributed by atoms with Crippen molar-refractivity contribution in [3.8, 4) is 5.69 Å². The smallest absolute Gasteiger partial charge is 0.331 e. The molecule has 2 N–H and O–H groups in total. The van der Waals surface area contributed by atoms with E-state index < -0.39 is 17.4 Å². The van der Waals surface area contributed by atoms with Crippen molar-refractivity contribution in [2.24, 2.45) is 0 Å². The number of hydrogen-bond acceptors (Lipinski definition) is 5. The summed E-state index contributed by atoms with van der Waals surface area (Å²) in [5.41, 5.74) is 0.556. The molecule has 0 aliphatic rings. The van der Waals surface area contributed by atoms with Crippen molar-refractivity contribution in [1.82, 2.24) is 20.3 Å². The zero-order valence-corrected chi connectivity index (χ0v) is 13.8. The molecule has 1 aromatic heterocycles. The Kier molecular flexibility index (Phi) is 5.30. The standard InChI is InChI=1S/C16H20N4O4/c1-11-13(18-19-20(11)12-7-5-4-6-8-12)9-14(21)17-16(2,10-24-3)15(22)23/h4-8H,9-10H2,1-3H3,(H,17,21)(H,22,23). The van der Waals surface area contributed by atoms with Gasteiger partial charge >= 0.3 is 5.97 Å². The molecule has 0 aliphatic carbocycles. The highest BCUT2D eigenvalue weighted by Gasteiger charge is 2.35. The van der Waals surface area contributed by atoms with E-state index in [1.54, 1.807) is 11.6 Å². The number of nitrogens with zero attached hydrogens (tertiary/aromatic N) is 3. The zero-order valence-electron chi connectivity index (χ0n) is 13.8. The third-order valence-corrected chi connectivity index (χ3v) is 3.64. The highest BCUT2D eigenvalue weighted by molar-refractivity contribution is 5.87. The molecular formula is C16H20N4O4. The number of aliphatic carboxylic acids is 1. The molecule has 0 saturated heterocycles. The van der Waals surface area contributed by atoms with Crippen LogP contribution in [0.3, 0.4) is 0 Å². The molecule has 0 saturated carbocycles. The summed E-state index contributed by atoms with van der Waals surface area (Å²) in [4.78, 5) is 23.5. The van der Waals surface area contributed by atoms with Gasteiger partial charge in [0, 0.05) is 7.11 Å². The number of methoxy groups -OCH3 is 1. The molecule has 0 bridgehead atoms. The van der Waals surface area contributed by atoms with Gasteiger partial charge in [0.05, 0.1) is 30.1 Å². The average Bonchev–Trinajstić information content (AvgIpc) is 2.89. The van der Waals surface area contributed by atoms with Crippen molar-refractivity contribution < 1.29 is 19.4 Å². The molecule has 1 aromatic carbocycles. The normalized spacial score (nSPS) is 13.3. The SMILES string of the molecule is COCC(C)(NC(=O)Cc1nnn(-c2ccccc2)c1C)C(=O)O. The van der Waals surface area contributed by atoms with Gasteiger partial charge in [-0.05, 0) is 26.0 Å². The summed E-state index contributed by atoms with van der Waals surface area (Å²) >= 11 is 0. The van der Waals surface area contributed by atoms with E-state index in [1.165, 1.54) is 14.0 Å². The minimum absolute atomic E-state index is 0.0642. The molecule has 0 aliphatic heterocycles. The number of aromatic nitrogens is 3. The van der Waals surface area contributed by atoms with E-state index in [0.717, 1.165) is 11.4 Å². The molecule has 24 heavy (non-hydrogen) atoms. The van der Waals surface area contributed by atoms with E-state index in [1.807, 2.05) is 30.3 Å². The number of hydrogen-bond donors (Lipinski definition) is 2. The Labute approximate surface area is 139 Å². The van der Waals surface area contributed by atoms with Gasteiger partial charge in [0.2, 0.25) is 5.91 Å². The Morgan fingerprint density at radius 3 is 2.58 bits per heavy atom. The number of amides is 1. The maximum absolute atomic E-state index is 12.2. The summed E-state index contributed by atoms with van der Waals surface area (Å²) in [6.07, 6.45) is -0.0642. The monoisotopic (exact) mass is 332 g/mol. The second-order valence-electron chi connectivity index (χ2n) is 5.66. The third kappa shape index (κ3) is 3.77. The van der Waals surface area contributed by atoms with Crippen LogP contribution in [0.2, 0.25) is 0 Å². The number of carbonyl (C=O) groups is 2. The maximum atomic E-state index is 12.2. The largest absolute Gasteiger partial charge is 0.479 e. The average molecular weight is 332 g/mol. The Hall–Kier alpha value is -2.74. The Morgan fingerprint density at radius 2 is 2.00 bits per heavy atom. The van der Waals surface area contributed by atoms with Gasteiger partial charge in [0.1, 0.15) is 0 Å². The molecule has 8 heteroatoms. The molecule has 2 aromatic rings. The molecular weight excluding hydrogens is 312 g/mol. The van der Waals surface area contributed by atoms with Gasteiger partial charge in [-0.2, -0.15) is 0 Å². The molecule has 128 valence electrons. The minimum Gasteiger partial charge on any atom is -0.479 e. The van der Waals surface area contributed by atoms with Crippen LogP contribution >= 0.6 is 0 Å². The fourth-order valence-corrected chi connectivity index (χ4v) is 2.28. The van der Waals surface area contributed by atoms with Crippen LogP contribution in [0, 0.1) is 6.92 Å². The molecule has 0 spiro atoms. The number of benzene rings is 1. The summed E-state index contributed by atoms with van der Waals surface area (Å²) in [5, 5.41) is 19.8. The quantitative estimate of drug-likeness (QED) is 0.774. The first kappa shape index (κ1) is 17.6. The molecule has 8 nitrogen and oxygen atoms in total. The number of carboxylic acids is 1. The van der Waals surface area contributed by atoms with Gasteiger partial charge in [0.25, 0.3) is 0 Å². The highest BCUT2D eigenvalue weighted by atomic mass is 16.5. The van der Waals surface area contributed by atoms with Crippen LogP contribution in [0.4, 0.5) is 0 Å². The number of carbonyl (C=O) groups excluding carboxylic acids is 1. The van der Waals surface area contributed by atoms with E-state index in [4.69, 9.17) is 4.74 Å². The minimum atomic E-state index is -1.49. The number of rotatable bonds is 7. The predicted molar refractivity (Wildman–Crippen MR) is 85.9 cm³/mol. The van der Waals surface area contributed by atoms with Crippen LogP contribution < -0.4 is 5.32 Å². The molecule has 1 amide bonds.